The molecule has 0 aromatic heterocycles. The lowest BCUT2D eigenvalue weighted by molar-refractivity contribution is 0.159. The van der Waals surface area contributed by atoms with Gasteiger partial charge in [-0.25, -0.2) is 4.79 Å². The third-order valence-electron chi connectivity index (χ3n) is 0.893. The van der Waals surface area contributed by atoms with Crippen molar-refractivity contribution in [3.8, 4) is 0 Å². The Hall–Kier alpha value is -1.46. The minimum absolute atomic E-state index is 0.186. The molecule has 0 radical (unpaired) electrons. The van der Waals surface area contributed by atoms with E-state index in [0.29, 0.717) is 12.5 Å². The van der Waals surface area contributed by atoms with E-state index in [1.54, 1.807) is 7.05 Å². The number of primary amides is 1. The Morgan fingerprint density at radius 1 is 1.64 bits per heavy atom. The van der Waals surface area contributed by atoms with Gasteiger partial charge in [-0.05, 0) is 0 Å². The number of hydrogen-bond donors (Lipinski definition) is 3. The van der Waals surface area contributed by atoms with E-state index in [1.807, 2.05) is 0 Å². The molecule has 6 heteroatoms. The number of carbonyl (C=O) groups is 1. The standard InChI is InChI=1S/C5H12N4O2/c1-8-4(6)9-2-3-11-5(7)10/h2-3H2,1H3,(H2,7,10)(H3,6,8,9). The topological polar surface area (TPSA) is 103 Å². The van der Waals surface area contributed by atoms with Crippen LogP contribution in [0.2, 0.25) is 0 Å². The highest BCUT2D eigenvalue weighted by Crippen LogP contribution is 1.70. The second kappa shape index (κ2) is 5.33. The van der Waals surface area contributed by atoms with Crippen molar-refractivity contribution in [1.82, 2.24) is 5.32 Å². The third-order valence-corrected chi connectivity index (χ3v) is 0.893. The van der Waals surface area contributed by atoms with E-state index in [-0.39, 0.29) is 6.61 Å². The Balaban J connectivity index is 3.21. The lowest BCUT2D eigenvalue weighted by Crippen LogP contribution is -2.34. The molecule has 0 unspecified atom stereocenters. The maximum Gasteiger partial charge on any atom is 0.404 e. The average molecular weight is 160 g/mol. The van der Waals surface area contributed by atoms with E-state index in [9.17, 15) is 4.79 Å². The van der Waals surface area contributed by atoms with Crippen molar-refractivity contribution in [1.29, 1.82) is 0 Å². The number of guanidine groups is 1. The normalized spacial score (nSPS) is 10.8. The minimum atomic E-state index is -0.793. The predicted molar refractivity (Wildman–Crippen MR) is 41.1 cm³/mol. The van der Waals surface area contributed by atoms with E-state index in [2.05, 4.69) is 15.0 Å². The molecule has 0 saturated heterocycles. The number of rotatable bonds is 3. The molecular weight excluding hydrogens is 148 g/mol. The Bertz CT molecular complexity index is 157. The molecule has 5 N–H and O–H groups in total. The number of nitrogens with two attached hydrogens (primary N) is 2. The van der Waals surface area contributed by atoms with Crippen LogP contribution in [0.4, 0.5) is 4.79 Å². The number of nitrogens with zero attached hydrogens (tertiary/aromatic N) is 1. The van der Waals surface area contributed by atoms with E-state index in [0.717, 1.165) is 0 Å². The van der Waals surface area contributed by atoms with Gasteiger partial charge < -0.3 is 21.5 Å². The maximum absolute atomic E-state index is 10.0. The summed E-state index contributed by atoms with van der Waals surface area (Å²) in [6.45, 7) is 0.595. The van der Waals surface area contributed by atoms with Gasteiger partial charge in [0.05, 0.1) is 6.54 Å². The Kier molecular flexibility index (Phi) is 4.63. The zero-order valence-electron chi connectivity index (χ0n) is 6.33. The quantitative estimate of drug-likeness (QED) is 0.269. The zero-order valence-corrected chi connectivity index (χ0v) is 6.33. The average Bonchev–Trinajstić information content (AvgIpc) is 1.97. The Morgan fingerprint density at radius 3 is 2.73 bits per heavy atom. The Labute approximate surface area is 64.6 Å². The first-order valence-electron chi connectivity index (χ1n) is 3.05. The first kappa shape index (κ1) is 9.54. The molecule has 0 spiro atoms. The van der Waals surface area contributed by atoms with Gasteiger partial charge in [-0.15, -0.1) is 0 Å². The summed E-state index contributed by atoms with van der Waals surface area (Å²) in [6, 6.07) is 0. The van der Waals surface area contributed by atoms with Crippen molar-refractivity contribution < 1.29 is 9.53 Å². The molecule has 0 aromatic rings. The highest BCUT2D eigenvalue weighted by molar-refractivity contribution is 5.77. The summed E-state index contributed by atoms with van der Waals surface area (Å²) in [4.78, 5) is 13.6. The molecule has 64 valence electrons. The van der Waals surface area contributed by atoms with E-state index in [4.69, 9.17) is 11.5 Å². The second-order valence-electron chi connectivity index (χ2n) is 1.70. The van der Waals surface area contributed by atoms with Gasteiger partial charge in [0.15, 0.2) is 5.96 Å². The zero-order chi connectivity index (χ0) is 8.69. The molecule has 0 fully saturated rings. The van der Waals surface area contributed by atoms with Gasteiger partial charge in [0, 0.05) is 7.05 Å². The van der Waals surface area contributed by atoms with Crippen molar-refractivity contribution in [3.63, 3.8) is 0 Å². The van der Waals surface area contributed by atoms with Gasteiger partial charge in [-0.2, -0.15) is 0 Å². The Morgan fingerprint density at radius 2 is 2.27 bits per heavy atom. The van der Waals surface area contributed by atoms with E-state index in [1.165, 1.54) is 0 Å². The van der Waals surface area contributed by atoms with Crippen LogP contribution in [-0.2, 0) is 4.74 Å². The number of ether oxygens (including phenoxy) is 1. The summed E-state index contributed by atoms with van der Waals surface area (Å²) < 4.78 is 4.40. The van der Waals surface area contributed by atoms with Crippen LogP contribution in [0.1, 0.15) is 0 Å². The van der Waals surface area contributed by atoms with Crippen LogP contribution in [0.5, 0.6) is 0 Å². The minimum Gasteiger partial charge on any atom is -0.448 e. The molecule has 0 atom stereocenters. The fourth-order valence-electron chi connectivity index (χ4n) is 0.410. The highest BCUT2D eigenvalue weighted by atomic mass is 16.5. The molecule has 0 aliphatic heterocycles. The highest BCUT2D eigenvalue weighted by Gasteiger charge is 1.92. The molecule has 0 aliphatic rings. The van der Waals surface area contributed by atoms with Crippen LogP contribution in [0.15, 0.2) is 4.99 Å². The molecule has 0 aromatic carbocycles. The SMILES string of the molecule is CN=C(N)NCCOC(N)=O. The van der Waals surface area contributed by atoms with Gasteiger partial charge in [0.2, 0.25) is 0 Å². The summed E-state index contributed by atoms with van der Waals surface area (Å²) in [5.41, 5.74) is 9.95. The van der Waals surface area contributed by atoms with Crippen LogP contribution in [-0.4, -0.2) is 32.3 Å². The van der Waals surface area contributed by atoms with Crippen molar-refractivity contribution in [3.05, 3.63) is 0 Å². The lowest BCUT2D eigenvalue weighted by atomic mass is 10.7. The first-order valence-corrected chi connectivity index (χ1v) is 3.05. The van der Waals surface area contributed by atoms with Crippen LogP contribution >= 0.6 is 0 Å². The molecular formula is C5H12N4O2. The second-order valence-corrected chi connectivity index (χ2v) is 1.70. The fraction of sp³-hybridized carbons (Fsp3) is 0.600. The molecule has 0 bridgehead atoms. The third kappa shape index (κ3) is 6.42. The summed E-state index contributed by atoms with van der Waals surface area (Å²) in [5, 5.41) is 2.68. The number of hydrogen-bond acceptors (Lipinski definition) is 3. The van der Waals surface area contributed by atoms with Crippen molar-refractivity contribution >= 4 is 12.1 Å². The first-order chi connectivity index (χ1) is 5.16. The largest absolute Gasteiger partial charge is 0.448 e. The number of carbonyl (C=O) groups excluding carboxylic acids is 1. The molecule has 1 amide bonds. The number of nitrogens with one attached hydrogen (secondary N) is 1. The van der Waals surface area contributed by atoms with E-state index < -0.39 is 6.09 Å². The predicted octanol–water partition coefficient (Wildman–Crippen LogP) is -1.38. The molecule has 0 heterocycles. The monoisotopic (exact) mass is 160 g/mol. The smallest absolute Gasteiger partial charge is 0.404 e. The number of amides is 1. The van der Waals surface area contributed by atoms with Crippen LogP contribution < -0.4 is 16.8 Å². The molecule has 0 rings (SSSR count). The summed E-state index contributed by atoms with van der Waals surface area (Å²) in [6.07, 6.45) is -0.793. The van der Waals surface area contributed by atoms with Crippen LogP contribution in [0.25, 0.3) is 0 Å². The van der Waals surface area contributed by atoms with Crippen LogP contribution in [0, 0.1) is 0 Å². The molecule has 0 aliphatic carbocycles. The summed E-state index contributed by atoms with van der Waals surface area (Å²) >= 11 is 0. The lowest BCUT2D eigenvalue weighted by Gasteiger charge is -2.03. The van der Waals surface area contributed by atoms with Gasteiger partial charge in [0.1, 0.15) is 6.61 Å². The van der Waals surface area contributed by atoms with Crippen molar-refractivity contribution in [2.75, 3.05) is 20.2 Å². The van der Waals surface area contributed by atoms with Gasteiger partial charge in [-0.3, -0.25) is 4.99 Å². The summed E-state index contributed by atoms with van der Waals surface area (Å²) in [7, 11) is 1.55. The van der Waals surface area contributed by atoms with Gasteiger partial charge in [-0.1, -0.05) is 0 Å². The molecule has 6 nitrogen and oxygen atoms in total. The molecule has 0 saturated carbocycles. The number of aliphatic imine (C=N–C) groups is 1. The molecule has 11 heavy (non-hydrogen) atoms. The van der Waals surface area contributed by atoms with Crippen LogP contribution in [0.3, 0.4) is 0 Å². The summed E-state index contributed by atoms with van der Waals surface area (Å²) in [5.74, 6) is 0.304. The van der Waals surface area contributed by atoms with Crippen molar-refractivity contribution in [2.45, 2.75) is 0 Å². The van der Waals surface area contributed by atoms with Crippen molar-refractivity contribution in [2.24, 2.45) is 16.5 Å². The van der Waals surface area contributed by atoms with Gasteiger partial charge in [0.25, 0.3) is 0 Å². The maximum atomic E-state index is 10.0. The van der Waals surface area contributed by atoms with Gasteiger partial charge >= 0.3 is 6.09 Å². The fourth-order valence-corrected chi connectivity index (χ4v) is 0.410. The van der Waals surface area contributed by atoms with E-state index >= 15 is 0 Å².